The molecule has 0 radical (unpaired) electrons. The Labute approximate surface area is 173 Å². The summed E-state index contributed by atoms with van der Waals surface area (Å²) in [6.07, 6.45) is 2.71. The summed E-state index contributed by atoms with van der Waals surface area (Å²) < 4.78 is 38.0. The topological polar surface area (TPSA) is 111 Å². The third kappa shape index (κ3) is 6.89. The van der Waals surface area contributed by atoms with Crippen molar-refractivity contribution < 1.29 is 22.7 Å². The zero-order chi connectivity index (χ0) is 19.7. The summed E-state index contributed by atoms with van der Waals surface area (Å²) in [4.78, 5) is 11.9. The maximum absolute atomic E-state index is 13.1. The van der Waals surface area contributed by atoms with Crippen molar-refractivity contribution in [3.05, 3.63) is 24.3 Å². The number of halogens is 1. The van der Waals surface area contributed by atoms with Gasteiger partial charge >= 0.3 is 0 Å². The highest BCUT2D eigenvalue weighted by atomic mass is 35.5. The van der Waals surface area contributed by atoms with Gasteiger partial charge in [-0.3, -0.25) is 4.79 Å². The fraction of sp³-hybridized carbons (Fsp3) is 0.611. The molecule has 1 aromatic carbocycles. The van der Waals surface area contributed by atoms with Gasteiger partial charge < -0.3 is 20.5 Å². The van der Waals surface area contributed by atoms with Crippen molar-refractivity contribution in [3.8, 4) is 5.75 Å². The van der Waals surface area contributed by atoms with E-state index in [-0.39, 0.29) is 42.2 Å². The molecular weight excluding hydrogens is 406 g/mol. The Hall–Kier alpha value is -1.39. The number of nitrogens with one attached hydrogen (secondary N) is 1. The first kappa shape index (κ1) is 24.6. The normalized spacial score (nSPS) is 17.6. The van der Waals surface area contributed by atoms with Gasteiger partial charge in [-0.1, -0.05) is 6.42 Å². The van der Waals surface area contributed by atoms with E-state index in [9.17, 15) is 13.2 Å². The average Bonchev–Trinajstić information content (AvgIpc) is 2.67. The minimum atomic E-state index is -3.64. The van der Waals surface area contributed by atoms with Crippen molar-refractivity contribution in [2.45, 2.75) is 36.6 Å². The van der Waals surface area contributed by atoms with Gasteiger partial charge in [0.05, 0.1) is 11.5 Å². The van der Waals surface area contributed by atoms with Gasteiger partial charge in [-0.05, 0) is 37.1 Å². The number of sulfonamides is 1. The van der Waals surface area contributed by atoms with Crippen LogP contribution < -0.4 is 15.8 Å². The molecule has 1 fully saturated rings. The largest absolute Gasteiger partial charge is 0.491 e. The lowest BCUT2D eigenvalue weighted by atomic mass is 10.1. The molecule has 1 amide bonds. The Morgan fingerprint density at radius 3 is 2.61 bits per heavy atom. The molecule has 3 N–H and O–H groups in total. The van der Waals surface area contributed by atoms with Crippen LogP contribution in [0.15, 0.2) is 29.2 Å². The molecule has 10 heteroatoms. The summed E-state index contributed by atoms with van der Waals surface area (Å²) in [6, 6.07) is 6.14. The van der Waals surface area contributed by atoms with Crippen LogP contribution in [0.25, 0.3) is 0 Å². The third-order valence-electron chi connectivity index (χ3n) is 4.47. The molecule has 1 aliphatic heterocycles. The number of methoxy groups -OCH3 is 1. The average molecular weight is 436 g/mol. The molecule has 2 rings (SSSR count). The van der Waals surface area contributed by atoms with Crippen LogP contribution in [0.1, 0.15) is 25.7 Å². The standard InChI is InChI=1S/C18H29N3O5S.ClH/c1-25-12-13-26-16-5-7-17(8-6-16)27(23,24)21-11-3-2-4-15(21)14-20-18(22)9-10-19;/h5-8,15H,2-4,9-14,19H2,1H3,(H,20,22);1H. The first-order valence-electron chi connectivity index (χ1n) is 9.19. The van der Waals surface area contributed by atoms with Crippen LogP contribution in [-0.2, 0) is 19.6 Å². The summed E-state index contributed by atoms with van der Waals surface area (Å²) in [6.45, 7) is 1.89. The molecule has 1 aromatic rings. The fourth-order valence-electron chi connectivity index (χ4n) is 3.03. The van der Waals surface area contributed by atoms with Crippen molar-refractivity contribution in [3.63, 3.8) is 0 Å². The lowest BCUT2D eigenvalue weighted by molar-refractivity contribution is -0.121. The minimum Gasteiger partial charge on any atom is -0.491 e. The maximum atomic E-state index is 13.1. The van der Waals surface area contributed by atoms with Gasteiger partial charge in [0.25, 0.3) is 0 Å². The monoisotopic (exact) mass is 435 g/mol. The first-order chi connectivity index (χ1) is 13.0. The predicted molar refractivity (Wildman–Crippen MR) is 109 cm³/mol. The zero-order valence-electron chi connectivity index (χ0n) is 16.1. The highest BCUT2D eigenvalue weighted by molar-refractivity contribution is 7.89. The number of amides is 1. The van der Waals surface area contributed by atoms with E-state index in [1.807, 2.05) is 0 Å². The molecule has 0 saturated carbocycles. The van der Waals surface area contributed by atoms with Gasteiger partial charge in [0.1, 0.15) is 12.4 Å². The summed E-state index contributed by atoms with van der Waals surface area (Å²) >= 11 is 0. The number of rotatable bonds is 10. The van der Waals surface area contributed by atoms with Crippen molar-refractivity contribution >= 4 is 28.3 Å². The van der Waals surface area contributed by atoms with Crippen molar-refractivity contribution in [2.24, 2.45) is 5.73 Å². The SMILES string of the molecule is COCCOc1ccc(S(=O)(=O)N2CCCCC2CNC(=O)CCN)cc1.Cl. The van der Waals surface area contributed by atoms with E-state index in [4.69, 9.17) is 15.2 Å². The smallest absolute Gasteiger partial charge is 0.243 e. The number of hydrogen-bond acceptors (Lipinski definition) is 6. The molecule has 160 valence electrons. The second-order valence-corrected chi connectivity index (χ2v) is 8.31. The van der Waals surface area contributed by atoms with Gasteiger partial charge in [-0.2, -0.15) is 4.31 Å². The molecule has 8 nitrogen and oxygen atoms in total. The highest BCUT2D eigenvalue weighted by Gasteiger charge is 2.33. The van der Waals surface area contributed by atoms with Crippen LogP contribution in [-0.4, -0.2) is 64.6 Å². The number of piperidine rings is 1. The molecule has 28 heavy (non-hydrogen) atoms. The van der Waals surface area contributed by atoms with Crippen molar-refractivity contribution in [1.82, 2.24) is 9.62 Å². The summed E-state index contributed by atoms with van der Waals surface area (Å²) in [5.74, 6) is 0.438. The van der Waals surface area contributed by atoms with Crippen LogP contribution in [0.5, 0.6) is 5.75 Å². The van der Waals surface area contributed by atoms with E-state index >= 15 is 0 Å². The first-order valence-corrected chi connectivity index (χ1v) is 10.6. The van der Waals surface area contributed by atoms with Gasteiger partial charge in [0.2, 0.25) is 15.9 Å². The van der Waals surface area contributed by atoms with Gasteiger partial charge in [-0.25, -0.2) is 8.42 Å². The van der Waals surface area contributed by atoms with Crippen LogP contribution in [0, 0.1) is 0 Å². The number of carbonyl (C=O) groups excluding carboxylic acids is 1. The molecule has 1 saturated heterocycles. The predicted octanol–water partition coefficient (Wildman–Crippen LogP) is 1.14. The van der Waals surface area contributed by atoms with Gasteiger partial charge in [-0.15, -0.1) is 12.4 Å². The summed E-state index contributed by atoms with van der Waals surface area (Å²) in [5.41, 5.74) is 5.38. The molecule has 0 aliphatic carbocycles. The Morgan fingerprint density at radius 2 is 1.96 bits per heavy atom. The Kier molecular flexibility index (Phi) is 10.8. The number of nitrogens with zero attached hydrogens (tertiary/aromatic N) is 1. The quantitative estimate of drug-likeness (QED) is 0.533. The van der Waals surface area contributed by atoms with E-state index < -0.39 is 10.0 Å². The number of hydrogen-bond donors (Lipinski definition) is 2. The van der Waals surface area contributed by atoms with Crippen LogP contribution in [0.4, 0.5) is 0 Å². The van der Waals surface area contributed by atoms with Gasteiger partial charge in [0, 0.05) is 39.2 Å². The zero-order valence-corrected chi connectivity index (χ0v) is 17.8. The van der Waals surface area contributed by atoms with E-state index in [2.05, 4.69) is 5.32 Å². The molecule has 1 heterocycles. The molecule has 0 aromatic heterocycles. The Balaban J connectivity index is 0.00000392. The summed E-state index contributed by atoms with van der Waals surface area (Å²) in [7, 11) is -2.05. The van der Waals surface area contributed by atoms with Crippen LogP contribution in [0.2, 0.25) is 0 Å². The number of benzene rings is 1. The minimum absolute atomic E-state index is 0. The van der Waals surface area contributed by atoms with Gasteiger partial charge in [0.15, 0.2) is 0 Å². The second-order valence-electron chi connectivity index (χ2n) is 6.42. The lowest BCUT2D eigenvalue weighted by Gasteiger charge is -2.34. The lowest BCUT2D eigenvalue weighted by Crippen LogP contribution is -2.49. The fourth-order valence-corrected chi connectivity index (χ4v) is 4.72. The Morgan fingerprint density at radius 1 is 1.25 bits per heavy atom. The molecule has 1 unspecified atom stereocenters. The van der Waals surface area contributed by atoms with Crippen molar-refractivity contribution in [2.75, 3.05) is 40.0 Å². The number of ether oxygens (including phenoxy) is 2. The molecular formula is C18H30ClN3O5S. The van der Waals surface area contributed by atoms with E-state index in [0.29, 0.717) is 32.1 Å². The van der Waals surface area contributed by atoms with E-state index in [1.165, 1.54) is 4.31 Å². The van der Waals surface area contributed by atoms with Crippen LogP contribution in [0.3, 0.4) is 0 Å². The molecule has 1 atom stereocenters. The number of carbonyl (C=O) groups is 1. The van der Waals surface area contributed by atoms with Crippen molar-refractivity contribution in [1.29, 1.82) is 0 Å². The van der Waals surface area contributed by atoms with Crippen LogP contribution >= 0.6 is 12.4 Å². The Bertz CT molecular complexity index is 700. The highest BCUT2D eigenvalue weighted by Crippen LogP contribution is 2.26. The molecule has 0 bridgehead atoms. The van der Waals surface area contributed by atoms with E-state index in [1.54, 1.807) is 31.4 Å². The maximum Gasteiger partial charge on any atom is 0.243 e. The molecule has 1 aliphatic rings. The second kappa shape index (κ2) is 12.2. The number of nitrogens with two attached hydrogens (primary N) is 1. The molecule has 0 spiro atoms. The third-order valence-corrected chi connectivity index (χ3v) is 6.43. The summed E-state index contributed by atoms with van der Waals surface area (Å²) in [5, 5.41) is 2.79. The van der Waals surface area contributed by atoms with E-state index in [0.717, 1.165) is 19.3 Å².